The molecule has 1 saturated heterocycles. The van der Waals surface area contributed by atoms with Gasteiger partial charge in [0.25, 0.3) is 0 Å². The van der Waals surface area contributed by atoms with E-state index >= 15 is 0 Å². The van der Waals surface area contributed by atoms with E-state index in [4.69, 9.17) is 14.2 Å². The van der Waals surface area contributed by atoms with Crippen molar-refractivity contribution in [1.29, 1.82) is 0 Å². The van der Waals surface area contributed by atoms with E-state index in [0.717, 1.165) is 39.1 Å². The van der Waals surface area contributed by atoms with E-state index in [2.05, 4.69) is 5.32 Å². The van der Waals surface area contributed by atoms with Gasteiger partial charge in [0.05, 0.1) is 19.3 Å². The number of methoxy groups -OCH3 is 1. The Morgan fingerprint density at radius 2 is 2.12 bits per heavy atom. The van der Waals surface area contributed by atoms with Gasteiger partial charge in [-0.15, -0.1) is 0 Å². The minimum atomic E-state index is 0.495. The van der Waals surface area contributed by atoms with Gasteiger partial charge >= 0.3 is 0 Å². The summed E-state index contributed by atoms with van der Waals surface area (Å²) in [6.07, 6.45) is 6.51. The Morgan fingerprint density at radius 1 is 1.18 bits per heavy atom. The minimum Gasteiger partial charge on any atom is -0.382 e. The molecule has 1 aliphatic heterocycles. The fourth-order valence-electron chi connectivity index (χ4n) is 1.97. The van der Waals surface area contributed by atoms with Crippen molar-refractivity contribution >= 4 is 0 Å². The van der Waals surface area contributed by atoms with Gasteiger partial charge in [-0.3, -0.25) is 0 Å². The summed E-state index contributed by atoms with van der Waals surface area (Å²) in [7, 11) is 1.69. The quantitative estimate of drug-likeness (QED) is 0.593. The third-order valence-electron chi connectivity index (χ3n) is 2.99. The summed E-state index contributed by atoms with van der Waals surface area (Å²) in [4.78, 5) is 0. The predicted octanol–water partition coefficient (Wildman–Crippen LogP) is 1.59. The molecule has 1 atom stereocenters. The molecule has 0 amide bonds. The normalized spacial score (nSPS) is 20.6. The third-order valence-corrected chi connectivity index (χ3v) is 2.99. The molecule has 0 aromatic heterocycles. The lowest BCUT2D eigenvalue weighted by atomic mass is 10.1. The Balaban J connectivity index is 1.75. The van der Waals surface area contributed by atoms with Crippen molar-refractivity contribution in [3.8, 4) is 0 Å². The van der Waals surface area contributed by atoms with Gasteiger partial charge in [-0.2, -0.15) is 0 Å². The Bertz CT molecular complexity index is 161. The summed E-state index contributed by atoms with van der Waals surface area (Å²) in [6, 6.07) is 0. The third kappa shape index (κ3) is 8.55. The molecule has 1 heterocycles. The van der Waals surface area contributed by atoms with Gasteiger partial charge in [0.1, 0.15) is 0 Å². The Kier molecular flexibility index (Phi) is 9.61. The smallest absolute Gasteiger partial charge is 0.0700 e. The lowest BCUT2D eigenvalue weighted by Gasteiger charge is -2.22. The number of hydrogen-bond acceptors (Lipinski definition) is 4. The first-order valence-electron chi connectivity index (χ1n) is 6.82. The molecule has 0 aromatic rings. The first-order chi connectivity index (χ1) is 8.43. The standard InChI is InChI=1S/C13H27NO3/c1-15-11-12-16-9-4-7-14-8-6-13-5-2-3-10-17-13/h13-14H,2-12H2,1H3. The second-order valence-corrected chi connectivity index (χ2v) is 4.49. The highest BCUT2D eigenvalue weighted by atomic mass is 16.5. The van der Waals surface area contributed by atoms with Crippen molar-refractivity contribution in [3.05, 3.63) is 0 Å². The summed E-state index contributed by atoms with van der Waals surface area (Å²) in [6.45, 7) is 5.25. The highest BCUT2D eigenvalue weighted by molar-refractivity contribution is 4.64. The fourth-order valence-corrected chi connectivity index (χ4v) is 1.97. The Hall–Kier alpha value is -0.160. The summed E-state index contributed by atoms with van der Waals surface area (Å²) in [5.41, 5.74) is 0. The van der Waals surface area contributed by atoms with Crippen molar-refractivity contribution in [3.63, 3.8) is 0 Å². The molecule has 102 valence electrons. The topological polar surface area (TPSA) is 39.7 Å². The molecule has 17 heavy (non-hydrogen) atoms. The van der Waals surface area contributed by atoms with Crippen molar-refractivity contribution < 1.29 is 14.2 Å². The lowest BCUT2D eigenvalue weighted by Crippen LogP contribution is -2.26. The van der Waals surface area contributed by atoms with Crippen LogP contribution in [0.4, 0.5) is 0 Å². The molecule has 0 aromatic carbocycles. The van der Waals surface area contributed by atoms with Gasteiger partial charge in [-0.25, -0.2) is 0 Å². The Labute approximate surface area is 105 Å². The van der Waals surface area contributed by atoms with Crippen LogP contribution in [0.5, 0.6) is 0 Å². The number of nitrogens with one attached hydrogen (secondary N) is 1. The molecule has 0 radical (unpaired) electrons. The van der Waals surface area contributed by atoms with Crippen molar-refractivity contribution in [2.45, 2.75) is 38.2 Å². The monoisotopic (exact) mass is 245 g/mol. The van der Waals surface area contributed by atoms with E-state index in [-0.39, 0.29) is 0 Å². The van der Waals surface area contributed by atoms with E-state index in [0.29, 0.717) is 19.3 Å². The van der Waals surface area contributed by atoms with E-state index in [9.17, 15) is 0 Å². The van der Waals surface area contributed by atoms with Crippen LogP contribution in [-0.4, -0.2) is 52.7 Å². The molecule has 0 bridgehead atoms. The van der Waals surface area contributed by atoms with Crippen LogP contribution in [-0.2, 0) is 14.2 Å². The predicted molar refractivity (Wildman–Crippen MR) is 68.4 cm³/mol. The van der Waals surface area contributed by atoms with Crippen LogP contribution < -0.4 is 5.32 Å². The average Bonchev–Trinajstić information content (AvgIpc) is 2.38. The molecule has 1 fully saturated rings. The van der Waals surface area contributed by atoms with Crippen LogP contribution in [0.25, 0.3) is 0 Å². The second-order valence-electron chi connectivity index (χ2n) is 4.49. The lowest BCUT2D eigenvalue weighted by molar-refractivity contribution is 0.0115. The molecule has 0 spiro atoms. The van der Waals surface area contributed by atoms with E-state index in [1.807, 2.05) is 0 Å². The highest BCUT2D eigenvalue weighted by Gasteiger charge is 2.12. The van der Waals surface area contributed by atoms with Crippen LogP contribution >= 0.6 is 0 Å². The van der Waals surface area contributed by atoms with Gasteiger partial charge in [-0.1, -0.05) is 0 Å². The van der Waals surface area contributed by atoms with Gasteiger partial charge < -0.3 is 19.5 Å². The first-order valence-corrected chi connectivity index (χ1v) is 6.82. The summed E-state index contributed by atoms with van der Waals surface area (Å²) in [5, 5.41) is 3.43. The van der Waals surface area contributed by atoms with Crippen molar-refractivity contribution in [2.24, 2.45) is 0 Å². The highest BCUT2D eigenvalue weighted by Crippen LogP contribution is 2.14. The molecule has 1 aliphatic rings. The molecular formula is C13H27NO3. The van der Waals surface area contributed by atoms with Crippen LogP contribution in [0, 0.1) is 0 Å². The minimum absolute atomic E-state index is 0.495. The van der Waals surface area contributed by atoms with Gasteiger partial charge in [0.2, 0.25) is 0 Å². The molecule has 4 heteroatoms. The zero-order valence-corrected chi connectivity index (χ0v) is 11.1. The van der Waals surface area contributed by atoms with Crippen molar-refractivity contribution in [2.75, 3.05) is 46.6 Å². The van der Waals surface area contributed by atoms with Gasteiger partial charge in [-0.05, 0) is 45.2 Å². The largest absolute Gasteiger partial charge is 0.382 e. The Morgan fingerprint density at radius 3 is 2.88 bits per heavy atom. The summed E-state index contributed by atoms with van der Waals surface area (Å²) >= 11 is 0. The van der Waals surface area contributed by atoms with E-state index in [1.54, 1.807) is 7.11 Å². The maximum Gasteiger partial charge on any atom is 0.0700 e. The SMILES string of the molecule is COCCOCCCNCCC1CCCCO1. The van der Waals surface area contributed by atoms with Gasteiger partial charge in [0.15, 0.2) is 0 Å². The first kappa shape index (κ1) is 14.9. The summed E-state index contributed by atoms with van der Waals surface area (Å²) in [5.74, 6) is 0. The van der Waals surface area contributed by atoms with Crippen LogP contribution in [0.1, 0.15) is 32.1 Å². The van der Waals surface area contributed by atoms with Crippen LogP contribution in [0.2, 0.25) is 0 Å². The molecule has 0 saturated carbocycles. The molecule has 1 rings (SSSR count). The zero-order chi connectivity index (χ0) is 12.2. The molecule has 0 aliphatic carbocycles. The average molecular weight is 245 g/mol. The number of hydrogen-bond donors (Lipinski definition) is 1. The van der Waals surface area contributed by atoms with Crippen LogP contribution in [0.15, 0.2) is 0 Å². The maximum absolute atomic E-state index is 5.67. The molecule has 1 N–H and O–H groups in total. The van der Waals surface area contributed by atoms with Crippen LogP contribution in [0.3, 0.4) is 0 Å². The van der Waals surface area contributed by atoms with E-state index in [1.165, 1.54) is 19.3 Å². The second kappa shape index (κ2) is 11.0. The molecular weight excluding hydrogens is 218 g/mol. The van der Waals surface area contributed by atoms with Crippen molar-refractivity contribution in [1.82, 2.24) is 5.32 Å². The zero-order valence-electron chi connectivity index (χ0n) is 11.1. The molecule has 1 unspecified atom stereocenters. The fraction of sp³-hybridized carbons (Fsp3) is 1.00. The maximum atomic E-state index is 5.67. The van der Waals surface area contributed by atoms with Gasteiger partial charge in [0, 0.05) is 20.3 Å². The number of rotatable bonds is 10. The number of ether oxygens (including phenoxy) is 3. The summed E-state index contributed by atoms with van der Waals surface area (Å²) < 4.78 is 16.0. The molecule has 4 nitrogen and oxygen atoms in total. The van der Waals surface area contributed by atoms with E-state index < -0.39 is 0 Å².